The standard InChI is InChI=1S/C23H34N4O3/c1-15-19(13-21(28)26-18-7-4-3-5-8-18)16(2)25-22(24-15)17-10-11-27(14-17)23(29)20-9-6-12-30-20/h17-18,20H,3-14H2,1-2H3,(H,26,28)/t17-,20+/m1/s1. The van der Waals surface area contributed by atoms with E-state index in [2.05, 4.69) is 5.32 Å². The minimum absolute atomic E-state index is 0.0682. The van der Waals surface area contributed by atoms with Gasteiger partial charge in [-0.25, -0.2) is 9.97 Å². The number of amides is 2. The first-order chi connectivity index (χ1) is 14.5. The number of aryl methyl sites for hydroxylation is 2. The van der Waals surface area contributed by atoms with Crippen molar-refractivity contribution in [3.05, 3.63) is 22.8 Å². The van der Waals surface area contributed by atoms with Crippen LogP contribution in [0.1, 0.15) is 80.1 Å². The molecule has 1 saturated carbocycles. The van der Waals surface area contributed by atoms with Gasteiger partial charge in [0.25, 0.3) is 5.91 Å². The summed E-state index contributed by atoms with van der Waals surface area (Å²) in [5.41, 5.74) is 2.68. The molecule has 30 heavy (non-hydrogen) atoms. The van der Waals surface area contributed by atoms with Gasteiger partial charge in [0.05, 0.1) is 6.42 Å². The first kappa shape index (κ1) is 21.2. The first-order valence-electron chi connectivity index (χ1n) is 11.5. The Bertz CT molecular complexity index is 762. The van der Waals surface area contributed by atoms with Crippen LogP contribution in [0, 0.1) is 13.8 Å². The molecule has 2 saturated heterocycles. The van der Waals surface area contributed by atoms with Gasteiger partial charge in [0, 0.05) is 48.6 Å². The summed E-state index contributed by atoms with van der Waals surface area (Å²) in [6.07, 6.45) is 8.59. The maximum atomic E-state index is 12.6. The molecular weight excluding hydrogens is 380 g/mol. The molecule has 3 heterocycles. The molecule has 7 nitrogen and oxygen atoms in total. The molecule has 0 spiro atoms. The number of aromatic nitrogens is 2. The van der Waals surface area contributed by atoms with Gasteiger partial charge in [0.1, 0.15) is 11.9 Å². The van der Waals surface area contributed by atoms with Crippen LogP contribution in [-0.4, -0.2) is 58.5 Å². The minimum Gasteiger partial charge on any atom is -0.368 e. The highest BCUT2D eigenvalue weighted by atomic mass is 16.5. The van der Waals surface area contributed by atoms with E-state index in [1.165, 1.54) is 19.3 Å². The van der Waals surface area contributed by atoms with Gasteiger partial charge < -0.3 is 15.0 Å². The Morgan fingerprint density at radius 1 is 1.03 bits per heavy atom. The Morgan fingerprint density at radius 3 is 2.43 bits per heavy atom. The third-order valence-electron chi connectivity index (χ3n) is 6.82. The van der Waals surface area contributed by atoms with Gasteiger partial charge in [-0.3, -0.25) is 9.59 Å². The summed E-state index contributed by atoms with van der Waals surface area (Å²) in [6, 6.07) is 0.318. The second-order valence-electron chi connectivity index (χ2n) is 9.08. The van der Waals surface area contributed by atoms with E-state index in [-0.39, 0.29) is 23.8 Å². The van der Waals surface area contributed by atoms with Gasteiger partial charge in [-0.15, -0.1) is 0 Å². The Morgan fingerprint density at radius 2 is 1.77 bits per heavy atom. The molecule has 1 aromatic rings. The van der Waals surface area contributed by atoms with Crippen LogP contribution in [0.4, 0.5) is 0 Å². The SMILES string of the molecule is Cc1nc([C@@H]2CCN(C(=O)[C@@H]3CCCO3)C2)nc(C)c1CC(=O)NC1CCCCC1. The summed E-state index contributed by atoms with van der Waals surface area (Å²) >= 11 is 0. The van der Waals surface area contributed by atoms with Gasteiger partial charge in [0.2, 0.25) is 5.91 Å². The molecular formula is C23H34N4O3. The van der Waals surface area contributed by atoms with Crippen molar-refractivity contribution in [3.63, 3.8) is 0 Å². The topological polar surface area (TPSA) is 84.4 Å². The van der Waals surface area contributed by atoms with Crippen molar-refractivity contribution in [2.75, 3.05) is 19.7 Å². The molecule has 7 heteroatoms. The van der Waals surface area contributed by atoms with Crippen LogP contribution >= 0.6 is 0 Å². The highest BCUT2D eigenvalue weighted by molar-refractivity contribution is 5.81. The Labute approximate surface area is 179 Å². The highest BCUT2D eigenvalue weighted by Crippen LogP contribution is 2.28. The lowest BCUT2D eigenvalue weighted by atomic mass is 9.95. The number of carbonyl (C=O) groups is 2. The summed E-state index contributed by atoms with van der Waals surface area (Å²) in [7, 11) is 0. The highest BCUT2D eigenvalue weighted by Gasteiger charge is 2.35. The lowest BCUT2D eigenvalue weighted by Gasteiger charge is -2.23. The van der Waals surface area contributed by atoms with Crippen molar-refractivity contribution in [3.8, 4) is 0 Å². The van der Waals surface area contributed by atoms with Gasteiger partial charge in [-0.2, -0.15) is 0 Å². The molecule has 2 aliphatic heterocycles. The monoisotopic (exact) mass is 414 g/mol. The van der Waals surface area contributed by atoms with Crippen LogP contribution in [0.3, 0.4) is 0 Å². The summed E-state index contributed by atoms with van der Waals surface area (Å²) in [4.78, 5) is 36.6. The van der Waals surface area contributed by atoms with Crippen molar-refractivity contribution < 1.29 is 14.3 Å². The second kappa shape index (κ2) is 9.41. The lowest BCUT2D eigenvalue weighted by molar-refractivity contribution is -0.139. The van der Waals surface area contributed by atoms with E-state index in [0.717, 1.165) is 61.4 Å². The van der Waals surface area contributed by atoms with Crippen LogP contribution in [0.25, 0.3) is 0 Å². The zero-order valence-electron chi connectivity index (χ0n) is 18.3. The third-order valence-corrected chi connectivity index (χ3v) is 6.82. The largest absolute Gasteiger partial charge is 0.368 e. The van der Waals surface area contributed by atoms with E-state index in [1.807, 2.05) is 18.7 Å². The Hall–Kier alpha value is -2.02. The predicted molar refractivity (Wildman–Crippen MR) is 113 cm³/mol. The van der Waals surface area contributed by atoms with Gasteiger partial charge in [-0.05, 0) is 46.0 Å². The average molecular weight is 415 g/mol. The van der Waals surface area contributed by atoms with Crippen molar-refractivity contribution in [2.45, 2.75) is 89.7 Å². The van der Waals surface area contributed by atoms with Crippen molar-refractivity contribution >= 4 is 11.8 Å². The molecule has 0 bridgehead atoms. The summed E-state index contributed by atoms with van der Waals surface area (Å²) in [5.74, 6) is 1.13. The van der Waals surface area contributed by atoms with E-state index in [1.54, 1.807) is 0 Å². The number of rotatable bonds is 5. The quantitative estimate of drug-likeness (QED) is 0.801. The lowest BCUT2D eigenvalue weighted by Crippen LogP contribution is -2.37. The van der Waals surface area contributed by atoms with E-state index in [4.69, 9.17) is 14.7 Å². The fourth-order valence-corrected chi connectivity index (χ4v) is 5.04. The van der Waals surface area contributed by atoms with Crippen molar-refractivity contribution in [2.24, 2.45) is 0 Å². The second-order valence-corrected chi connectivity index (χ2v) is 9.08. The number of carbonyl (C=O) groups excluding carboxylic acids is 2. The zero-order chi connectivity index (χ0) is 21.1. The fraction of sp³-hybridized carbons (Fsp3) is 0.739. The molecule has 1 N–H and O–H groups in total. The van der Waals surface area contributed by atoms with Gasteiger partial charge >= 0.3 is 0 Å². The van der Waals surface area contributed by atoms with Crippen LogP contribution in [0.5, 0.6) is 0 Å². The number of hydrogen-bond acceptors (Lipinski definition) is 5. The number of hydrogen-bond donors (Lipinski definition) is 1. The molecule has 3 aliphatic rings. The first-order valence-corrected chi connectivity index (χ1v) is 11.5. The van der Waals surface area contributed by atoms with E-state index in [0.29, 0.717) is 25.6 Å². The summed E-state index contributed by atoms with van der Waals surface area (Å²) in [5, 5.41) is 3.19. The van der Waals surface area contributed by atoms with Crippen molar-refractivity contribution in [1.29, 1.82) is 0 Å². The Kier molecular flexibility index (Phi) is 6.66. The van der Waals surface area contributed by atoms with Gasteiger partial charge in [0.15, 0.2) is 0 Å². The smallest absolute Gasteiger partial charge is 0.251 e. The number of likely N-dealkylation sites (tertiary alicyclic amines) is 1. The molecule has 0 aromatic carbocycles. The van der Waals surface area contributed by atoms with Gasteiger partial charge in [-0.1, -0.05) is 19.3 Å². The number of ether oxygens (including phenoxy) is 1. The zero-order valence-corrected chi connectivity index (χ0v) is 18.3. The minimum atomic E-state index is -0.266. The molecule has 1 aliphatic carbocycles. The molecule has 0 unspecified atom stereocenters. The van der Waals surface area contributed by atoms with E-state index < -0.39 is 0 Å². The van der Waals surface area contributed by atoms with Crippen LogP contribution in [-0.2, 0) is 20.7 Å². The van der Waals surface area contributed by atoms with E-state index >= 15 is 0 Å². The van der Waals surface area contributed by atoms with E-state index in [9.17, 15) is 9.59 Å². The molecule has 2 atom stereocenters. The summed E-state index contributed by atoms with van der Waals surface area (Å²) < 4.78 is 5.55. The van der Waals surface area contributed by atoms with Crippen LogP contribution in [0.15, 0.2) is 0 Å². The Balaban J connectivity index is 1.37. The molecule has 3 fully saturated rings. The van der Waals surface area contributed by atoms with Crippen LogP contribution < -0.4 is 5.32 Å². The maximum absolute atomic E-state index is 12.6. The molecule has 2 amide bonds. The summed E-state index contributed by atoms with van der Waals surface area (Å²) in [6.45, 7) is 6.00. The van der Waals surface area contributed by atoms with Crippen LogP contribution in [0.2, 0.25) is 0 Å². The third kappa shape index (κ3) is 4.82. The maximum Gasteiger partial charge on any atom is 0.251 e. The molecule has 1 aromatic heterocycles. The molecule has 164 valence electrons. The predicted octanol–water partition coefficient (Wildman–Crippen LogP) is 2.58. The molecule has 0 radical (unpaired) electrons. The van der Waals surface area contributed by atoms with Crippen molar-refractivity contribution in [1.82, 2.24) is 20.2 Å². The number of nitrogens with zero attached hydrogens (tertiary/aromatic N) is 3. The number of nitrogens with one attached hydrogen (secondary N) is 1. The fourth-order valence-electron chi connectivity index (χ4n) is 5.04. The molecule has 4 rings (SSSR count). The average Bonchev–Trinajstić information content (AvgIpc) is 3.43. The normalized spacial score (nSPS) is 24.9.